The van der Waals surface area contributed by atoms with E-state index in [1.165, 1.54) is 12.3 Å². The third-order valence-electron chi connectivity index (χ3n) is 4.69. The first-order chi connectivity index (χ1) is 15.4. The number of fused-ring (bicyclic) bond motifs is 1. The third kappa shape index (κ3) is 4.86. The maximum Gasteiger partial charge on any atom is 0.291 e. The SMILES string of the molecule is O=C(CCN=C1NS(=O)(=O)c2ccccc21)NCc1cccc(NC(=O)c2ccco2)c1. The van der Waals surface area contributed by atoms with Crippen LogP contribution in [0.2, 0.25) is 0 Å². The van der Waals surface area contributed by atoms with E-state index in [-0.39, 0.29) is 47.8 Å². The Bertz CT molecular complexity index is 1280. The molecule has 9 nitrogen and oxygen atoms in total. The number of sulfonamides is 1. The molecule has 0 aliphatic carbocycles. The summed E-state index contributed by atoms with van der Waals surface area (Å²) in [7, 11) is -3.60. The molecule has 0 unspecified atom stereocenters. The number of nitrogens with one attached hydrogen (secondary N) is 3. The van der Waals surface area contributed by atoms with Gasteiger partial charge in [0.15, 0.2) is 5.76 Å². The standard InChI is InChI=1S/C22H20N4O5S/c27-20(10-11-23-21-17-7-1-2-9-19(17)32(29,30)26-21)24-14-15-5-3-6-16(13-15)25-22(28)18-8-4-12-31-18/h1-9,12-13H,10-11,14H2,(H,23,26)(H,24,27)(H,25,28). The lowest BCUT2D eigenvalue weighted by Gasteiger charge is -2.08. The fraction of sp³-hybridized carbons (Fsp3) is 0.136. The van der Waals surface area contributed by atoms with Crippen molar-refractivity contribution in [2.75, 3.05) is 11.9 Å². The number of hydrogen-bond acceptors (Lipinski definition) is 6. The number of nitrogens with zero attached hydrogens (tertiary/aromatic N) is 1. The van der Waals surface area contributed by atoms with Gasteiger partial charge in [0.25, 0.3) is 15.9 Å². The van der Waals surface area contributed by atoms with E-state index in [2.05, 4.69) is 20.3 Å². The minimum Gasteiger partial charge on any atom is -0.459 e. The van der Waals surface area contributed by atoms with E-state index in [0.717, 1.165) is 5.56 Å². The Kier molecular flexibility index (Phi) is 6.04. The highest BCUT2D eigenvalue weighted by Gasteiger charge is 2.29. The fourth-order valence-electron chi connectivity index (χ4n) is 3.17. The van der Waals surface area contributed by atoms with Crippen LogP contribution in [-0.4, -0.2) is 32.6 Å². The molecule has 2 amide bonds. The van der Waals surface area contributed by atoms with Crippen molar-refractivity contribution in [2.45, 2.75) is 17.9 Å². The molecule has 0 saturated heterocycles. The summed E-state index contributed by atoms with van der Waals surface area (Å²) < 4.78 is 31.6. The zero-order valence-corrected chi connectivity index (χ0v) is 17.7. The molecule has 164 valence electrons. The molecular formula is C22H20N4O5S. The van der Waals surface area contributed by atoms with Crippen molar-refractivity contribution in [3.8, 4) is 0 Å². The first-order valence-corrected chi connectivity index (χ1v) is 11.3. The Morgan fingerprint density at radius 3 is 2.69 bits per heavy atom. The van der Waals surface area contributed by atoms with Gasteiger partial charge in [-0.1, -0.05) is 24.3 Å². The number of aliphatic imine (C=N–C) groups is 1. The van der Waals surface area contributed by atoms with Crippen LogP contribution in [0.1, 0.15) is 28.1 Å². The highest BCUT2D eigenvalue weighted by Crippen LogP contribution is 2.22. The number of amides is 2. The molecule has 0 atom stereocenters. The summed E-state index contributed by atoms with van der Waals surface area (Å²) in [5, 5.41) is 5.52. The molecule has 1 aliphatic rings. The third-order valence-corrected chi connectivity index (χ3v) is 6.09. The summed E-state index contributed by atoms with van der Waals surface area (Å²) in [5.41, 5.74) is 1.89. The Hall–Kier alpha value is -3.92. The lowest BCUT2D eigenvalue weighted by atomic mass is 10.2. The minimum absolute atomic E-state index is 0.0995. The summed E-state index contributed by atoms with van der Waals surface area (Å²) in [6, 6.07) is 16.8. The number of anilines is 1. The van der Waals surface area contributed by atoms with Gasteiger partial charge in [0, 0.05) is 24.2 Å². The highest BCUT2D eigenvalue weighted by atomic mass is 32.2. The Balaban J connectivity index is 1.29. The predicted molar refractivity (Wildman–Crippen MR) is 118 cm³/mol. The fourth-order valence-corrected chi connectivity index (χ4v) is 4.42. The zero-order chi connectivity index (χ0) is 22.6. The molecular weight excluding hydrogens is 432 g/mol. The number of hydrogen-bond donors (Lipinski definition) is 3. The molecule has 0 saturated carbocycles. The predicted octanol–water partition coefficient (Wildman–Crippen LogP) is 2.28. The van der Waals surface area contributed by atoms with E-state index >= 15 is 0 Å². The van der Waals surface area contributed by atoms with E-state index in [4.69, 9.17) is 4.42 Å². The normalized spacial score (nSPS) is 15.1. The number of furan rings is 1. The highest BCUT2D eigenvalue weighted by molar-refractivity contribution is 7.90. The van der Waals surface area contributed by atoms with Gasteiger partial charge in [-0.3, -0.25) is 19.3 Å². The van der Waals surface area contributed by atoms with E-state index in [0.29, 0.717) is 11.3 Å². The van der Waals surface area contributed by atoms with Crippen molar-refractivity contribution in [3.05, 3.63) is 83.8 Å². The van der Waals surface area contributed by atoms with Gasteiger partial charge in [0.2, 0.25) is 5.91 Å². The van der Waals surface area contributed by atoms with Gasteiger partial charge in [-0.15, -0.1) is 0 Å². The number of carbonyl (C=O) groups excluding carboxylic acids is 2. The Morgan fingerprint density at radius 2 is 1.88 bits per heavy atom. The zero-order valence-electron chi connectivity index (χ0n) is 16.9. The van der Waals surface area contributed by atoms with Gasteiger partial charge in [-0.2, -0.15) is 0 Å². The molecule has 2 heterocycles. The van der Waals surface area contributed by atoms with Gasteiger partial charge in [-0.05, 0) is 42.0 Å². The van der Waals surface area contributed by atoms with Crippen LogP contribution in [0.5, 0.6) is 0 Å². The monoisotopic (exact) mass is 452 g/mol. The lowest BCUT2D eigenvalue weighted by molar-refractivity contribution is -0.121. The molecule has 2 aromatic carbocycles. The molecule has 10 heteroatoms. The summed E-state index contributed by atoms with van der Waals surface area (Å²) in [6.45, 7) is 0.409. The first kappa shape index (κ1) is 21.3. The second kappa shape index (κ2) is 9.06. The molecule has 4 rings (SSSR count). The van der Waals surface area contributed by atoms with E-state index in [1.807, 2.05) is 6.07 Å². The average Bonchev–Trinajstić information content (AvgIpc) is 3.40. The Labute approximate surface area is 184 Å². The smallest absolute Gasteiger partial charge is 0.291 e. The molecule has 0 spiro atoms. The topological polar surface area (TPSA) is 130 Å². The van der Waals surface area contributed by atoms with Crippen LogP contribution in [0.25, 0.3) is 0 Å². The quantitative estimate of drug-likeness (QED) is 0.506. The molecule has 0 fully saturated rings. The van der Waals surface area contributed by atoms with Crippen LogP contribution in [0.15, 0.2) is 81.2 Å². The van der Waals surface area contributed by atoms with Crippen LogP contribution >= 0.6 is 0 Å². The largest absolute Gasteiger partial charge is 0.459 e. The number of rotatable bonds is 7. The van der Waals surface area contributed by atoms with E-state index in [1.54, 1.807) is 48.5 Å². The first-order valence-electron chi connectivity index (χ1n) is 9.79. The molecule has 32 heavy (non-hydrogen) atoms. The van der Waals surface area contributed by atoms with Crippen molar-refractivity contribution >= 4 is 33.4 Å². The van der Waals surface area contributed by atoms with Crippen molar-refractivity contribution in [1.29, 1.82) is 0 Å². The second-order valence-corrected chi connectivity index (χ2v) is 8.64. The number of carbonyl (C=O) groups is 2. The van der Waals surface area contributed by atoms with Gasteiger partial charge >= 0.3 is 0 Å². The van der Waals surface area contributed by atoms with Crippen LogP contribution in [-0.2, 0) is 21.4 Å². The number of amidine groups is 1. The summed E-state index contributed by atoms with van der Waals surface area (Å²) in [5.74, 6) is -0.140. The maximum absolute atomic E-state index is 12.2. The lowest BCUT2D eigenvalue weighted by Crippen LogP contribution is -2.25. The van der Waals surface area contributed by atoms with Crippen molar-refractivity contribution in [3.63, 3.8) is 0 Å². The van der Waals surface area contributed by atoms with Crippen LogP contribution in [0.4, 0.5) is 5.69 Å². The van der Waals surface area contributed by atoms with Gasteiger partial charge < -0.3 is 15.1 Å². The molecule has 0 radical (unpaired) electrons. The molecule has 0 bridgehead atoms. The Morgan fingerprint density at radius 1 is 1.03 bits per heavy atom. The molecule has 1 aliphatic heterocycles. The van der Waals surface area contributed by atoms with E-state index < -0.39 is 10.0 Å². The maximum atomic E-state index is 12.2. The van der Waals surface area contributed by atoms with Crippen molar-refractivity contribution < 1.29 is 22.4 Å². The van der Waals surface area contributed by atoms with Crippen LogP contribution in [0, 0.1) is 0 Å². The van der Waals surface area contributed by atoms with Gasteiger partial charge in [0.1, 0.15) is 5.84 Å². The average molecular weight is 452 g/mol. The minimum atomic E-state index is -3.60. The summed E-state index contributed by atoms with van der Waals surface area (Å²) in [4.78, 5) is 28.7. The van der Waals surface area contributed by atoms with Crippen LogP contribution < -0.4 is 15.4 Å². The molecule has 1 aromatic heterocycles. The number of benzene rings is 2. The summed E-state index contributed by atoms with van der Waals surface area (Å²) in [6.07, 6.45) is 1.52. The van der Waals surface area contributed by atoms with E-state index in [9.17, 15) is 18.0 Å². The van der Waals surface area contributed by atoms with Gasteiger partial charge in [0.05, 0.1) is 17.7 Å². The van der Waals surface area contributed by atoms with Crippen LogP contribution in [0.3, 0.4) is 0 Å². The molecule has 3 N–H and O–H groups in total. The van der Waals surface area contributed by atoms with Crippen molar-refractivity contribution in [2.24, 2.45) is 4.99 Å². The molecule has 3 aromatic rings. The summed E-state index contributed by atoms with van der Waals surface area (Å²) >= 11 is 0. The second-order valence-electron chi connectivity index (χ2n) is 6.99. The van der Waals surface area contributed by atoms with Crippen molar-refractivity contribution in [1.82, 2.24) is 10.0 Å². The van der Waals surface area contributed by atoms with Gasteiger partial charge in [-0.25, -0.2) is 8.42 Å².